The Hall–Kier alpha value is -16.5. The molecule has 0 N–H and O–H groups in total. The summed E-state index contributed by atoms with van der Waals surface area (Å²) >= 11 is 0. The van der Waals surface area contributed by atoms with E-state index in [1.807, 2.05) is 48.5 Å². The number of rotatable bonds is 16. The van der Waals surface area contributed by atoms with Gasteiger partial charge in [0, 0.05) is 73.4 Å². The summed E-state index contributed by atoms with van der Waals surface area (Å²) in [4.78, 5) is 6.88. The summed E-state index contributed by atoms with van der Waals surface area (Å²) < 4.78 is 20.8. The van der Waals surface area contributed by atoms with Crippen LogP contribution in [0.3, 0.4) is 0 Å². The molecule has 23 rings (SSSR count). The third-order valence-corrected chi connectivity index (χ3v) is 25.0. The van der Waals surface area contributed by atoms with Crippen LogP contribution in [0.15, 0.2) is 502 Å². The van der Waals surface area contributed by atoms with Crippen LogP contribution in [0.1, 0.15) is 25.0 Å². The predicted octanol–water partition coefficient (Wildman–Crippen LogP) is 34.9. The fourth-order valence-electron chi connectivity index (χ4n) is 18.6. The molecule has 0 bridgehead atoms. The van der Waals surface area contributed by atoms with Crippen molar-refractivity contribution in [3.8, 4) is 89.0 Å². The van der Waals surface area contributed by atoms with Gasteiger partial charge in [-0.1, -0.05) is 329 Å². The van der Waals surface area contributed by atoms with Crippen LogP contribution in [0.5, 0.6) is 0 Å². The van der Waals surface area contributed by atoms with Gasteiger partial charge >= 0.3 is 0 Å². The first-order valence-corrected chi connectivity index (χ1v) is 43.8. The van der Waals surface area contributed by atoms with Gasteiger partial charge in [-0.2, -0.15) is 0 Å². The van der Waals surface area contributed by atoms with Gasteiger partial charge < -0.3 is 19.1 Å². The molecular formula is C123H88FN3O. The molecule has 1 aliphatic rings. The molecule has 21 aromatic carbocycles. The number of halogens is 1. The van der Waals surface area contributed by atoms with E-state index in [9.17, 15) is 4.39 Å². The van der Waals surface area contributed by atoms with Crippen molar-refractivity contribution in [2.45, 2.75) is 19.3 Å². The largest absolute Gasteiger partial charge is 0.456 e. The Kier molecular flexibility index (Phi) is 21.3. The molecule has 0 unspecified atom stereocenters. The van der Waals surface area contributed by atoms with Crippen LogP contribution in [-0.4, -0.2) is 0 Å². The van der Waals surface area contributed by atoms with Gasteiger partial charge in [0.15, 0.2) is 0 Å². The highest BCUT2D eigenvalue weighted by molar-refractivity contribution is 6.09. The first-order chi connectivity index (χ1) is 63.1. The summed E-state index contributed by atoms with van der Waals surface area (Å²) in [5.41, 5.74) is 33.5. The molecule has 1 heterocycles. The third-order valence-electron chi connectivity index (χ3n) is 25.0. The van der Waals surface area contributed by atoms with Gasteiger partial charge in [-0.3, -0.25) is 0 Å². The Morgan fingerprint density at radius 2 is 0.461 bits per heavy atom. The number of anilines is 9. The molecule has 4 nitrogen and oxygen atoms in total. The lowest BCUT2D eigenvalue weighted by Gasteiger charge is -2.28. The van der Waals surface area contributed by atoms with Crippen molar-refractivity contribution >= 4 is 105 Å². The second-order valence-corrected chi connectivity index (χ2v) is 33.2. The van der Waals surface area contributed by atoms with Crippen molar-refractivity contribution in [1.29, 1.82) is 0 Å². The predicted molar refractivity (Wildman–Crippen MR) is 539 cm³/mol. The fourth-order valence-corrected chi connectivity index (χ4v) is 18.6. The molecule has 0 atom stereocenters. The zero-order valence-electron chi connectivity index (χ0n) is 71.0. The zero-order valence-corrected chi connectivity index (χ0v) is 71.0. The first kappa shape index (κ1) is 78.8. The van der Waals surface area contributed by atoms with Crippen molar-refractivity contribution in [1.82, 2.24) is 0 Å². The van der Waals surface area contributed by atoms with Gasteiger partial charge in [-0.05, 0) is 308 Å². The van der Waals surface area contributed by atoms with Gasteiger partial charge in [0.25, 0.3) is 0 Å². The average Bonchev–Trinajstić information content (AvgIpc) is 1.56. The monoisotopic (exact) mass is 1640 g/mol. The van der Waals surface area contributed by atoms with E-state index in [1.165, 1.54) is 94.5 Å². The topological polar surface area (TPSA) is 22.9 Å². The fraction of sp³-hybridized carbons (Fsp3) is 0.0244. The molecule has 5 heteroatoms. The maximum Gasteiger partial charge on any atom is 0.137 e. The van der Waals surface area contributed by atoms with Gasteiger partial charge in [0.2, 0.25) is 0 Å². The van der Waals surface area contributed by atoms with Crippen LogP contribution < -0.4 is 14.7 Å². The van der Waals surface area contributed by atoms with Crippen LogP contribution in [0.4, 0.5) is 55.6 Å². The Labute approximate surface area is 746 Å². The van der Waals surface area contributed by atoms with Crippen LogP contribution in [-0.2, 0) is 5.41 Å². The summed E-state index contributed by atoms with van der Waals surface area (Å²) in [6.45, 7) is 4.74. The van der Waals surface area contributed by atoms with E-state index in [0.717, 1.165) is 117 Å². The Balaban J connectivity index is 0.000000117. The van der Waals surface area contributed by atoms with Crippen LogP contribution >= 0.6 is 0 Å². The van der Waals surface area contributed by atoms with E-state index in [4.69, 9.17) is 4.42 Å². The number of para-hydroxylation sites is 6. The first-order valence-electron chi connectivity index (χ1n) is 43.8. The highest BCUT2D eigenvalue weighted by atomic mass is 19.1. The van der Waals surface area contributed by atoms with Gasteiger partial charge in [0.05, 0.1) is 0 Å². The number of hydrogen-bond donors (Lipinski definition) is 0. The van der Waals surface area contributed by atoms with Crippen LogP contribution in [0, 0.1) is 5.82 Å². The number of benzene rings is 21. The zero-order chi connectivity index (χ0) is 85.9. The molecule has 608 valence electrons. The summed E-state index contributed by atoms with van der Waals surface area (Å²) in [6.07, 6.45) is 0. The maximum atomic E-state index is 14.2. The molecule has 1 aliphatic carbocycles. The van der Waals surface area contributed by atoms with Gasteiger partial charge in [-0.15, -0.1) is 0 Å². The van der Waals surface area contributed by atoms with Crippen molar-refractivity contribution in [3.63, 3.8) is 0 Å². The smallest absolute Gasteiger partial charge is 0.137 e. The lowest BCUT2D eigenvalue weighted by Crippen LogP contribution is -2.16. The Morgan fingerprint density at radius 3 is 0.906 bits per heavy atom. The molecular weight excluding hydrogens is 1550 g/mol. The molecule has 128 heavy (non-hydrogen) atoms. The molecule has 1 aromatic heterocycles. The average molecular weight is 1640 g/mol. The van der Waals surface area contributed by atoms with Crippen LogP contribution in [0.25, 0.3) is 143 Å². The molecule has 0 saturated heterocycles. The molecule has 22 aromatic rings. The number of fused-ring (bicyclic) bond motifs is 9. The molecule has 0 aliphatic heterocycles. The number of furan rings is 1. The molecule has 0 saturated carbocycles. The van der Waals surface area contributed by atoms with E-state index in [0.29, 0.717) is 0 Å². The quantitative estimate of drug-likeness (QED) is 0.0962. The van der Waals surface area contributed by atoms with Crippen molar-refractivity contribution < 1.29 is 8.81 Å². The van der Waals surface area contributed by atoms with E-state index in [-0.39, 0.29) is 11.2 Å². The summed E-state index contributed by atoms with van der Waals surface area (Å²) in [7, 11) is 0. The highest BCUT2D eigenvalue weighted by Gasteiger charge is 2.37. The molecule has 0 fully saturated rings. The third kappa shape index (κ3) is 15.7. The van der Waals surface area contributed by atoms with Gasteiger partial charge in [-0.25, -0.2) is 4.39 Å². The second kappa shape index (κ2) is 34.7. The lowest BCUT2D eigenvalue weighted by molar-refractivity contribution is 0.630. The second-order valence-electron chi connectivity index (χ2n) is 33.2. The number of nitrogens with zero attached hydrogens (tertiary/aromatic N) is 3. The lowest BCUT2D eigenvalue weighted by atomic mass is 9.81. The maximum absolute atomic E-state index is 14.2. The number of hydrogen-bond acceptors (Lipinski definition) is 4. The van der Waals surface area contributed by atoms with Gasteiger partial charge in [0.1, 0.15) is 17.0 Å². The van der Waals surface area contributed by atoms with Crippen molar-refractivity contribution in [2.75, 3.05) is 14.7 Å². The minimum atomic E-state index is -0.226. The van der Waals surface area contributed by atoms with Crippen molar-refractivity contribution in [3.05, 3.63) is 514 Å². The summed E-state index contributed by atoms with van der Waals surface area (Å²) in [5, 5.41) is 9.20. The minimum Gasteiger partial charge on any atom is -0.456 e. The minimum absolute atomic E-state index is 0.144. The Morgan fingerprint density at radius 1 is 0.180 bits per heavy atom. The van der Waals surface area contributed by atoms with Crippen molar-refractivity contribution in [2.24, 2.45) is 0 Å². The molecule has 0 amide bonds. The molecule has 0 spiro atoms. The van der Waals surface area contributed by atoms with E-state index < -0.39 is 0 Å². The summed E-state index contributed by atoms with van der Waals surface area (Å²) in [5.74, 6) is -0.226. The standard InChI is InChI=1S/C43H33N.C40H28FN.C40H27NO/c1-43(2)41-28-31(33-26-32-16-12-13-21-37(32)40(27-33)30-14-6-3-7-15-30)22-24-38(41)39-25-23-36(29-42(39)43)44(34-17-8-4-9-18-34)35-19-10-5-11-20-35;41-35-22-25-39-34(27-35)26-33(28-40(39)32-10-4-1-5-11-32)31-18-16-29(17-19-31)30-20-23-38(24-21-30)42(36-12-6-2-7-13-36)37-14-8-3-9-15-37;1-4-12-28(13-5-1)38-25-31(24-30-14-10-11-19-35(30)38)29-20-22-36-37-23-21-34(27-40(37)42-39(36)26-29)41(32-15-6-2-7-16-32)33-17-8-3-9-18-33/h3-29H,1-2H3;1-28H;1-27H. The summed E-state index contributed by atoms with van der Waals surface area (Å²) in [6, 6.07) is 175. The van der Waals surface area contributed by atoms with E-state index >= 15 is 0 Å². The highest BCUT2D eigenvalue weighted by Crippen LogP contribution is 2.53. The van der Waals surface area contributed by atoms with E-state index in [2.05, 4.69) is 465 Å². The molecule has 0 radical (unpaired) electrons. The SMILES string of the molecule is CC1(C)c2cc(-c3cc(-c4ccccc4)c4ccccc4c3)ccc2-c2ccc(N(c3ccccc3)c3ccccc3)cc21.Fc1ccc2c(-c3ccccc3)cc(-c3ccc(-c4ccc(N(c5ccccc5)c5ccccc5)cc4)cc3)cc2c1.c1ccc(-c2cc(-c3ccc4c(c3)oc3cc(N(c5ccccc5)c5ccccc5)ccc34)cc3ccccc23)cc1. The van der Waals surface area contributed by atoms with Crippen LogP contribution in [0.2, 0.25) is 0 Å². The normalized spacial score (nSPS) is 11.8. The Bertz CT molecular complexity index is 7610. The van der Waals surface area contributed by atoms with E-state index in [1.54, 1.807) is 6.07 Å².